The highest BCUT2D eigenvalue weighted by atomic mass is 16.4. The Hall–Kier alpha value is -1.88. The van der Waals surface area contributed by atoms with Crippen LogP contribution in [0.1, 0.15) is 51.0 Å². The molecule has 4 unspecified atom stereocenters. The van der Waals surface area contributed by atoms with Crippen LogP contribution < -0.4 is 5.32 Å². The Balaban J connectivity index is 2.28. The monoisotopic (exact) mass is 333 g/mol. The van der Waals surface area contributed by atoms with Gasteiger partial charge in [-0.25, -0.2) is 0 Å². The van der Waals surface area contributed by atoms with Gasteiger partial charge in [0.15, 0.2) is 0 Å². The Morgan fingerprint density at radius 1 is 1.21 bits per heavy atom. The molecule has 1 saturated carbocycles. The minimum absolute atomic E-state index is 0.0314. The Morgan fingerprint density at radius 2 is 1.88 bits per heavy atom. The van der Waals surface area contributed by atoms with Gasteiger partial charge in [0.05, 0.1) is 12.5 Å². The number of aliphatic carboxylic acids is 2. The first-order valence-electron chi connectivity index (χ1n) is 8.69. The second kappa shape index (κ2) is 7.79. The van der Waals surface area contributed by atoms with Crippen molar-refractivity contribution in [1.29, 1.82) is 0 Å². The predicted molar refractivity (Wildman–Crippen MR) is 92.0 cm³/mol. The molecule has 5 nitrogen and oxygen atoms in total. The van der Waals surface area contributed by atoms with Gasteiger partial charge in [-0.3, -0.25) is 14.9 Å². The van der Waals surface area contributed by atoms with E-state index >= 15 is 0 Å². The summed E-state index contributed by atoms with van der Waals surface area (Å²) < 4.78 is 0. The molecular formula is C19H27NO4. The summed E-state index contributed by atoms with van der Waals surface area (Å²) in [6.07, 6.45) is 3.93. The maximum Gasteiger partial charge on any atom is 0.317 e. The molecule has 1 aromatic carbocycles. The molecule has 5 heteroatoms. The third-order valence-corrected chi connectivity index (χ3v) is 5.37. The van der Waals surface area contributed by atoms with Crippen molar-refractivity contribution in [2.45, 2.75) is 51.0 Å². The molecule has 1 aromatic rings. The van der Waals surface area contributed by atoms with Crippen molar-refractivity contribution in [3.63, 3.8) is 0 Å². The summed E-state index contributed by atoms with van der Waals surface area (Å²) >= 11 is 0. The van der Waals surface area contributed by atoms with Gasteiger partial charge in [0.1, 0.15) is 0 Å². The molecule has 0 spiro atoms. The molecule has 0 aromatic heterocycles. The molecule has 0 bridgehead atoms. The van der Waals surface area contributed by atoms with Crippen LogP contribution in [0, 0.1) is 11.8 Å². The fourth-order valence-corrected chi connectivity index (χ4v) is 4.11. The van der Waals surface area contributed by atoms with E-state index in [-0.39, 0.29) is 18.4 Å². The van der Waals surface area contributed by atoms with Gasteiger partial charge < -0.3 is 10.2 Å². The van der Waals surface area contributed by atoms with Crippen LogP contribution in [0.4, 0.5) is 0 Å². The van der Waals surface area contributed by atoms with Crippen LogP contribution in [0.2, 0.25) is 0 Å². The second-order valence-corrected chi connectivity index (χ2v) is 6.73. The number of benzene rings is 1. The summed E-state index contributed by atoms with van der Waals surface area (Å²) in [7, 11) is 0. The number of carbonyl (C=O) groups is 2. The van der Waals surface area contributed by atoms with Crippen molar-refractivity contribution < 1.29 is 19.8 Å². The topological polar surface area (TPSA) is 86.6 Å². The van der Waals surface area contributed by atoms with Crippen molar-refractivity contribution in [2.24, 2.45) is 11.8 Å². The number of hydrogen-bond acceptors (Lipinski definition) is 3. The SMILES string of the molecule is CCCCCC1C(C(=O)O)C1(NCC(=O)O)C(C)c1ccccc1. The molecule has 1 fully saturated rings. The smallest absolute Gasteiger partial charge is 0.317 e. The number of hydrogen-bond donors (Lipinski definition) is 3. The zero-order valence-corrected chi connectivity index (χ0v) is 14.4. The van der Waals surface area contributed by atoms with Gasteiger partial charge in [0, 0.05) is 11.5 Å². The zero-order chi connectivity index (χ0) is 17.7. The van der Waals surface area contributed by atoms with E-state index in [9.17, 15) is 14.7 Å². The second-order valence-electron chi connectivity index (χ2n) is 6.73. The van der Waals surface area contributed by atoms with Gasteiger partial charge in [-0.05, 0) is 17.9 Å². The van der Waals surface area contributed by atoms with Crippen LogP contribution in [-0.2, 0) is 9.59 Å². The first-order chi connectivity index (χ1) is 11.4. The van der Waals surface area contributed by atoms with Crippen LogP contribution in [0.5, 0.6) is 0 Å². The Morgan fingerprint density at radius 3 is 2.42 bits per heavy atom. The minimum Gasteiger partial charge on any atom is -0.481 e. The van der Waals surface area contributed by atoms with Crippen LogP contribution in [0.15, 0.2) is 30.3 Å². The molecule has 0 radical (unpaired) electrons. The van der Waals surface area contributed by atoms with E-state index in [4.69, 9.17) is 5.11 Å². The molecule has 2 rings (SSSR count). The lowest BCUT2D eigenvalue weighted by Crippen LogP contribution is -2.43. The molecule has 1 aliphatic carbocycles. The lowest BCUT2D eigenvalue weighted by Gasteiger charge is -2.27. The van der Waals surface area contributed by atoms with Crippen molar-refractivity contribution >= 4 is 11.9 Å². The van der Waals surface area contributed by atoms with Crippen LogP contribution in [0.25, 0.3) is 0 Å². The summed E-state index contributed by atoms with van der Waals surface area (Å²) in [4.78, 5) is 22.9. The Kier molecular flexibility index (Phi) is 5.99. The molecule has 3 N–H and O–H groups in total. The minimum atomic E-state index is -0.960. The third-order valence-electron chi connectivity index (χ3n) is 5.37. The predicted octanol–water partition coefficient (Wildman–Crippen LogP) is 3.11. The van der Waals surface area contributed by atoms with Crippen molar-refractivity contribution in [3.05, 3.63) is 35.9 Å². The molecule has 24 heavy (non-hydrogen) atoms. The lowest BCUT2D eigenvalue weighted by molar-refractivity contribution is -0.140. The molecule has 0 saturated heterocycles. The fraction of sp³-hybridized carbons (Fsp3) is 0.579. The molecule has 0 amide bonds. The van der Waals surface area contributed by atoms with E-state index in [1.54, 1.807) is 0 Å². The van der Waals surface area contributed by atoms with Crippen LogP contribution in [0.3, 0.4) is 0 Å². The highest BCUT2D eigenvalue weighted by Gasteiger charge is 2.70. The summed E-state index contributed by atoms with van der Waals surface area (Å²) in [5, 5.41) is 21.9. The van der Waals surface area contributed by atoms with Gasteiger partial charge in [-0.2, -0.15) is 0 Å². The quantitative estimate of drug-likeness (QED) is 0.573. The van der Waals surface area contributed by atoms with E-state index in [0.29, 0.717) is 0 Å². The molecule has 132 valence electrons. The van der Waals surface area contributed by atoms with Gasteiger partial charge >= 0.3 is 11.9 Å². The van der Waals surface area contributed by atoms with Crippen molar-refractivity contribution in [1.82, 2.24) is 5.32 Å². The summed E-state index contributed by atoms with van der Waals surface area (Å²) in [5.74, 6) is -2.43. The normalized spacial score (nSPS) is 26.8. The van der Waals surface area contributed by atoms with Crippen LogP contribution in [-0.4, -0.2) is 34.2 Å². The molecule has 1 aliphatic rings. The lowest BCUT2D eigenvalue weighted by atomic mass is 9.87. The first-order valence-corrected chi connectivity index (χ1v) is 8.69. The molecule has 0 aliphatic heterocycles. The standard InChI is InChI=1S/C19H27NO4/c1-3-4-6-11-15-17(18(23)24)19(15,20-12-16(21)22)13(2)14-9-7-5-8-10-14/h5,7-10,13,15,17,20H,3-4,6,11-12H2,1-2H3,(H,21,22)(H,23,24). The van der Waals surface area contributed by atoms with Crippen LogP contribution >= 0.6 is 0 Å². The van der Waals surface area contributed by atoms with E-state index in [1.807, 2.05) is 37.3 Å². The average molecular weight is 333 g/mol. The maximum atomic E-state index is 11.8. The maximum absolute atomic E-state index is 11.8. The number of carboxylic acids is 2. The average Bonchev–Trinajstić information content (AvgIpc) is 3.22. The van der Waals surface area contributed by atoms with E-state index in [0.717, 1.165) is 31.2 Å². The number of rotatable bonds is 10. The highest BCUT2D eigenvalue weighted by Crippen LogP contribution is 2.60. The van der Waals surface area contributed by atoms with Gasteiger partial charge in [0.25, 0.3) is 0 Å². The summed E-state index contributed by atoms with van der Waals surface area (Å²) in [6, 6.07) is 9.75. The zero-order valence-electron chi connectivity index (χ0n) is 14.4. The number of carboxylic acid groups (broad SMARTS) is 2. The number of unbranched alkanes of at least 4 members (excludes halogenated alkanes) is 2. The van der Waals surface area contributed by atoms with Crippen molar-refractivity contribution in [2.75, 3.05) is 6.54 Å². The first kappa shape index (κ1) is 18.5. The van der Waals surface area contributed by atoms with E-state index in [1.165, 1.54) is 0 Å². The Bertz CT molecular complexity index is 574. The molecule has 4 atom stereocenters. The van der Waals surface area contributed by atoms with Gasteiger partial charge in [-0.1, -0.05) is 63.4 Å². The summed E-state index contributed by atoms with van der Waals surface area (Å²) in [5.41, 5.74) is 0.360. The van der Waals surface area contributed by atoms with E-state index < -0.39 is 23.4 Å². The van der Waals surface area contributed by atoms with Crippen molar-refractivity contribution in [3.8, 4) is 0 Å². The third kappa shape index (κ3) is 3.61. The van der Waals surface area contributed by atoms with Gasteiger partial charge in [-0.15, -0.1) is 0 Å². The number of nitrogens with one attached hydrogen (secondary N) is 1. The molecular weight excluding hydrogens is 306 g/mol. The highest BCUT2D eigenvalue weighted by molar-refractivity contribution is 5.78. The van der Waals surface area contributed by atoms with Gasteiger partial charge in [0.2, 0.25) is 0 Å². The largest absolute Gasteiger partial charge is 0.481 e. The van der Waals surface area contributed by atoms with E-state index in [2.05, 4.69) is 12.2 Å². The Labute approximate surface area is 143 Å². The summed E-state index contributed by atoms with van der Waals surface area (Å²) in [6.45, 7) is 3.90. The molecule has 0 heterocycles. The fourth-order valence-electron chi connectivity index (χ4n) is 4.11.